The quantitative estimate of drug-likeness (QED) is 0.879. The second-order valence-electron chi connectivity index (χ2n) is 4.75. The standard InChI is InChI=1S/C17H13ClN2O2/c18-14-2-3-16-13(10-14)9-12(11-22-16)1-4-17(21)20-15-5-7-19-8-6-15/h1-10H,11H2,(H,19,20,21)/b4-1+. The van der Waals surface area contributed by atoms with Crippen molar-refractivity contribution in [1.29, 1.82) is 0 Å². The van der Waals surface area contributed by atoms with Gasteiger partial charge in [0.1, 0.15) is 12.4 Å². The first-order valence-electron chi connectivity index (χ1n) is 6.73. The van der Waals surface area contributed by atoms with Crippen LogP contribution in [-0.4, -0.2) is 17.5 Å². The van der Waals surface area contributed by atoms with Crippen LogP contribution in [0, 0.1) is 0 Å². The molecular formula is C17H13ClN2O2. The molecule has 0 bridgehead atoms. The minimum atomic E-state index is -0.205. The fraction of sp³-hybridized carbons (Fsp3) is 0.0588. The largest absolute Gasteiger partial charge is 0.488 e. The summed E-state index contributed by atoms with van der Waals surface area (Å²) in [5, 5.41) is 3.41. The Morgan fingerprint density at radius 1 is 1.27 bits per heavy atom. The molecule has 0 saturated carbocycles. The van der Waals surface area contributed by atoms with Gasteiger partial charge in [0, 0.05) is 34.7 Å². The molecule has 2 aromatic rings. The number of hydrogen-bond acceptors (Lipinski definition) is 3. The number of halogens is 1. The van der Waals surface area contributed by atoms with Gasteiger partial charge in [0.25, 0.3) is 0 Å². The van der Waals surface area contributed by atoms with E-state index in [0.29, 0.717) is 17.3 Å². The monoisotopic (exact) mass is 312 g/mol. The Balaban J connectivity index is 1.69. The van der Waals surface area contributed by atoms with Crippen LogP contribution < -0.4 is 10.1 Å². The van der Waals surface area contributed by atoms with Crippen molar-refractivity contribution in [3.05, 3.63) is 71.0 Å². The summed E-state index contributed by atoms with van der Waals surface area (Å²) in [4.78, 5) is 15.7. The molecule has 4 nitrogen and oxygen atoms in total. The van der Waals surface area contributed by atoms with Crippen molar-refractivity contribution in [3.8, 4) is 5.75 Å². The molecule has 1 N–H and O–H groups in total. The van der Waals surface area contributed by atoms with Crippen LogP contribution >= 0.6 is 11.6 Å². The van der Waals surface area contributed by atoms with Crippen molar-refractivity contribution in [1.82, 2.24) is 4.98 Å². The molecule has 1 amide bonds. The molecule has 1 aliphatic rings. The molecule has 110 valence electrons. The Labute approximate surface area is 133 Å². The first kappa shape index (κ1) is 14.4. The average molecular weight is 313 g/mol. The number of anilines is 1. The minimum Gasteiger partial charge on any atom is -0.488 e. The molecule has 0 aliphatic carbocycles. The summed E-state index contributed by atoms with van der Waals surface area (Å²) in [5.74, 6) is 0.590. The molecule has 0 saturated heterocycles. The minimum absolute atomic E-state index is 0.205. The van der Waals surface area contributed by atoms with E-state index in [0.717, 1.165) is 16.9 Å². The highest BCUT2D eigenvalue weighted by atomic mass is 35.5. The molecule has 5 heteroatoms. The number of hydrogen-bond donors (Lipinski definition) is 1. The summed E-state index contributed by atoms with van der Waals surface area (Å²) in [7, 11) is 0. The summed E-state index contributed by atoms with van der Waals surface area (Å²) >= 11 is 5.97. The fourth-order valence-electron chi connectivity index (χ4n) is 2.06. The number of carbonyl (C=O) groups is 1. The lowest BCUT2D eigenvalue weighted by atomic mass is 10.1. The molecule has 1 aromatic carbocycles. The molecule has 1 aliphatic heterocycles. The molecule has 0 unspecified atom stereocenters. The average Bonchev–Trinajstić information content (AvgIpc) is 2.53. The summed E-state index contributed by atoms with van der Waals surface area (Å²) in [5.41, 5.74) is 2.52. The van der Waals surface area contributed by atoms with E-state index in [2.05, 4.69) is 10.3 Å². The van der Waals surface area contributed by atoms with Gasteiger partial charge in [0.05, 0.1) is 0 Å². The van der Waals surface area contributed by atoms with Crippen LogP contribution in [0.1, 0.15) is 5.56 Å². The maximum atomic E-state index is 11.8. The van der Waals surface area contributed by atoms with Crippen molar-refractivity contribution < 1.29 is 9.53 Å². The van der Waals surface area contributed by atoms with E-state index in [-0.39, 0.29) is 5.91 Å². The normalized spacial score (nSPS) is 13.2. The van der Waals surface area contributed by atoms with Crippen molar-refractivity contribution >= 4 is 29.3 Å². The third kappa shape index (κ3) is 3.54. The van der Waals surface area contributed by atoms with Gasteiger partial charge < -0.3 is 10.1 Å². The van der Waals surface area contributed by atoms with E-state index in [4.69, 9.17) is 16.3 Å². The summed E-state index contributed by atoms with van der Waals surface area (Å²) in [6.07, 6.45) is 8.42. The van der Waals surface area contributed by atoms with Gasteiger partial charge in [-0.15, -0.1) is 0 Å². The Morgan fingerprint density at radius 3 is 2.91 bits per heavy atom. The van der Waals surface area contributed by atoms with Gasteiger partial charge in [0.15, 0.2) is 0 Å². The number of aromatic nitrogens is 1. The number of nitrogens with zero attached hydrogens (tertiary/aromatic N) is 1. The zero-order valence-electron chi connectivity index (χ0n) is 11.6. The van der Waals surface area contributed by atoms with E-state index >= 15 is 0 Å². The van der Waals surface area contributed by atoms with Crippen LogP contribution in [0.3, 0.4) is 0 Å². The third-order valence-electron chi connectivity index (χ3n) is 3.10. The number of rotatable bonds is 3. The first-order chi connectivity index (χ1) is 10.7. The van der Waals surface area contributed by atoms with Gasteiger partial charge in [-0.1, -0.05) is 17.7 Å². The Bertz CT molecular complexity index is 755. The van der Waals surface area contributed by atoms with E-state index in [1.807, 2.05) is 18.2 Å². The molecular weight excluding hydrogens is 300 g/mol. The zero-order valence-corrected chi connectivity index (χ0v) is 12.4. The lowest BCUT2D eigenvalue weighted by molar-refractivity contribution is -0.111. The fourth-order valence-corrected chi connectivity index (χ4v) is 2.24. The lowest BCUT2D eigenvalue weighted by Gasteiger charge is -2.16. The van der Waals surface area contributed by atoms with Crippen molar-refractivity contribution in [2.75, 3.05) is 11.9 Å². The van der Waals surface area contributed by atoms with Gasteiger partial charge in [-0.25, -0.2) is 0 Å². The number of nitrogens with one attached hydrogen (secondary N) is 1. The molecule has 0 radical (unpaired) electrons. The molecule has 0 fully saturated rings. The van der Waals surface area contributed by atoms with Crippen LogP contribution in [0.15, 0.2) is 60.5 Å². The smallest absolute Gasteiger partial charge is 0.248 e. The topological polar surface area (TPSA) is 51.2 Å². The number of fused-ring (bicyclic) bond motifs is 1. The molecule has 22 heavy (non-hydrogen) atoms. The van der Waals surface area contributed by atoms with E-state index < -0.39 is 0 Å². The second kappa shape index (κ2) is 6.45. The van der Waals surface area contributed by atoms with Crippen LogP contribution in [0.2, 0.25) is 5.02 Å². The highest BCUT2D eigenvalue weighted by Crippen LogP contribution is 2.29. The van der Waals surface area contributed by atoms with Crippen LogP contribution in [0.25, 0.3) is 6.08 Å². The SMILES string of the molecule is O=C(/C=C/C1=Cc2cc(Cl)ccc2OC1)Nc1ccncc1. The Morgan fingerprint density at radius 2 is 2.09 bits per heavy atom. The molecule has 0 spiro atoms. The highest BCUT2D eigenvalue weighted by Gasteiger charge is 2.10. The maximum absolute atomic E-state index is 11.8. The van der Waals surface area contributed by atoms with Crippen LogP contribution in [0.4, 0.5) is 5.69 Å². The lowest BCUT2D eigenvalue weighted by Crippen LogP contribution is -2.09. The number of benzene rings is 1. The van der Waals surface area contributed by atoms with Crippen molar-refractivity contribution in [2.24, 2.45) is 0 Å². The highest BCUT2D eigenvalue weighted by molar-refractivity contribution is 6.30. The zero-order chi connectivity index (χ0) is 15.4. The van der Waals surface area contributed by atoms with Gasteiger partial charge in [-0.3, -0.25) is 9.78 Å². The van der Waals surface area contributed by atoms with E-state index in [1.54, 1.807) is 36.7 Å². The van der Waals surface area contributed by atoms with Crippen molar-refractivity contribution in [2.45, 2.75) is 0 Å². The van der Waals surface area contributed by atoms with E-state index in [9.17, 15) is 4.79 Å². The van der Waals surface area contributed by atoms with E-state index in [1.165, 1.54) is 6.08 Å². The molecule has 0 atom stereocenters. The summed E-state index contributed by atoms with van der Waals surface area (Å²) < 4.78 is 5.62. The number of ether oxygens (including phenoxy) is 1. The predicted molar refractivity (Wildman–Crippen MR) is 86.9 cm³/mol. The number of amides is 1. The summed E-state index contributed by atoms with van der Waals surface area (Å²) in [6.45, 7) is 0.424. The number of carbonyl (C=O) groups excluding carboxylic acids is 1. The van der Waals surface area contributed by atoms with Gasteiger partial charge in [-0.2, -0.15) is 0 Å². The Kier molecular flexibility index (Phi) is 4.21. The summed E-state index contributed by atoms with van der Waals surface area (Å²) in [6, 6.07) is 8.92. The molecule has 3 rings (SSSR count). The van der Waals surface area contributed by atoms with Crippen molar-refractivity contribution in [3.63, 3.8) is 0 Å². The maximum Gasteiger partial charge on any atom is 0.248 e. The third-order valence-corrected chi connectivity index (χ3v) is 3.34. The van der Waals surface area contributed by atoms with Gasteiger partial charge in [-0.05, 0) is 42.0 Å². The first-order valence-corrected chi connectivity index (χ1v) is 7.10. The molecule has 1 aromatic heterocycles. The van der Waals surface area contributed by atoms with Gasteiger partial charge in [0.2, 0.25) is 5.91 Å². The van der Waals surface area contributed by atoms with Gasteiger partial charge >= 0.3 is 0 Å². The Hall–Kier alpha value is -2.59. The number of pyridine rings is 1. The molecule has 2 heterocycles. The van der Waals surface area contributed by atoms with Crippen LogP contribution in [-0.2, 0) is 4.79 Å². The predicted octanol–water partition coefficient (Wildman–Crippen LogP) is 3.71. The van der Waals surface area contributed by atoms with Crippen LogP contribution in [0.5, 0.6) is 5.75 Å². The second-order valence-corrected chi connectivity index (χ2v) is 5.18.